The summed E-state index contributed by atoms with van der Waals surface area (Å²) < 4.78 is 7.40. The van der Waals surface area contributed by atoms with Gasteiger partial charge < -0.3 is 14.4 Å². The summed E-state index contributed by atoms with van der Waals surface area (Å²) in [6, 6.07) is 5.42. The molecule has 0 saturated carbocycles. The first-order chi connectivity index (χ1) is 14.8. The fourth-order valence-corrected chi connectivity index (χ4v) is 3.77. The Morgan fingerprint density at radius 1 is 1.23 bits per heavy atom. The van der Waals surface area contributed by atoms with Gasteiger partial charge in [-0.3, -0.25) is 4.79 Å². The molecule has 0 aliphatic carbocycles. The van der Waals surface area contributed by atoms with Gasteiger partial charge in [0.2, 0.25) is 11.8 Å². The van der Waals surface area contributed by atoms with E-state index in [1.54, 1.807) is 12.1 Å². The van der Waals surface area contributed by atoms with Crippen molar-refractivity contribution in [1.29, 1.82) is 0 Å². The SMILES string of the molecule is CC(C)(C)c1noc(CCC(=O)Nc2ccc(Cl)c(-c3nnc4n3CCCCC4)c2)n1. The number of hydrogen-bond acceptors (Lipinski definition) is 6. The van der Waals surface area contributed by atoms with E-state index in [9.17, 15) is 4.79 Å². The number of rotatable bonds is 5. The summed E-state index contributed by atoms with van der Waals surface area (Å²) in [7, 11) is 0. The number of amides is 1. The Morgan fingerprint density at radius 2 is 2.06 bits per heavy atom. The largest absolute Gasteiger partial charge is 0.339 e. The summed E-state index contributed by atoms with van der Waals surface area (Å²) in [5, 5.41) is 16.2. The first-order valence-corrected chi connectivity index (χ1v) is 11.0. The summed E-state index contributed by atoms with van der Waals surface area (Å²) in [4.78, 5) is 16.9. The third-order valence-corrected chi connectivity index (χ3v) is 5.63. The van der Waals surface area contributed by atoms with Crippen molar-refractivity contribution >= 4 is 23.2 Å². The molecule has 31 heavy (non-hydrogen) atoms. The second-order valence-corrected chi connectivity index (χ2v) is 9.31. The smallest absolute Gasteiger partial charge is 0.227 e. The van der Waals surface area contributed by atoms with Crippen LogP contribution in [0, 0.1) is 0 Å². The molecule has 1 aliphatic heterocycles. The maximum Gasteiger partial charge on any atom is 0.227 e. The zero-order valence-electron chi connectivity index (χ0n) is 18.1. The average molecular weight is 443 g/mol. The highest BCUT2D eigenvalue weighted by Gasteiger charge is 2.21. The minimum atomic E-state index is -0.191. The quantitative estimate of drug-likeness (QED) is 0.621. The first-order valence-electron chi connectivity index (χ1n) is 10.7. The molecule has 1 N–H and O–H groups in total. The van der Waals surface area contributed by atoms with Crippen molar-refractivity contribution in [3.05, 3.63) is 40.8 Å². The maximum atomic E-state index is 12.5. The lowest BCUT2D eigenvalue weighted by atomic mass is 9.96. The predicted octanol–water partition coefficient (Wildman–Crippen LogP) is 4.58. The van der Waals surface area contributed by atoms with E-state index >= 15 is 0 Å². The number of nitrogens with one attached hydrogen (secondary N) is 1. The van der Waals surface area contributed by atoms with Crippen LogP contribution in [-0.4, -0.2) is 30.8 Å². The highest BCUT2D eigenvalue weighted by Crippen LogP contribution is 2.31. The molecule has 3 heterocycles. The van der Waals surface area contributed by atoms with Crippen molar-refractivity contribution in [3.63, 3.8) is 0 Å². The minimum Gasteiger partial charge on any atom is -0.339 e. The number of carbonyl (C=O) groups is 1. The van der Waals surface area contributed by atoms with Crippen molar-refractivity contribution in [2.75, 3.05) is 5.32 Å². The third-order valence-electron chi connectivity index (χ3n) is 5.31. The van der Waals surface area contributed by atoms with E-state index in [0.29, 0.717) is 28.8 Å². The van der Waals surface area contributed by atoms with E-state index in [1.165, 1.54) is 6.42 Å². The lowest BCUT2D eigenvalue weighted by molar-refractivity contribution is -0.116. The number of hydrogen-bond donors (Lipinski definition) is 1. The molecule has 1 amide bonds. The number of aryl methyl sites for hydroxylation is 2. The molecular weight excluding hydrogens is 416 g/mol. The summed E-state index contributed by atoms with van der Waals surface area (Å²) in [5.41, 5.74) is 1.24. The second kappa shape index (κ2) is 8.78. The molecule has 2 aromatic heterocycles. The number of aromatic nitrogens is 5. The van der Waals surface area contributed by atoms with Gasteiger partial charge in [-0.05, 0) is 31.0 Å². The highest BCUT2D eigenvalue weighted by atomic mass is 35.5. The van der Waals surface area contributed by atoms with Crippen LogP contribution in [0.5, 0.6) is 0 Å². The minimum absolute atomic E-state index is 0.135. The van der Waals surface area contributed by atoms with Gasteiger partial charge >= 0.3 is 0 Å². The van der Waals surface area contributed by atoms with Gasteiger partial charge in [0.1, 0.15) is 5.82 Å². The Balaban J connectivity index is 1.45. The number of carbonyl (C=O) groups excluding carboxylic acids is 1. The van der Waals surface area contributed by atoms with E-state index in [2.05, 4.69) is 30.2 Å². The lowest BCUT2D eigenvalue weighted by Gasteiger charge is -2.11. The van der Waals surface area contributed by atoms with Gasteiger partial charge in [0.25, 0.3) is 0 Å². The van der Waals surface area contributed by atoms with Gasteiger partial charge in [0.05, 0.1) is 5.02 Å². The summed E-state index contributed by atoms with van der Waals surface area (Å²) in [6.07, 6.45) is 4.95. The standard InChI is InChI=1S/C22H27ClN6O2/c1-22(2,3)21-25-19(31-28-21)11-10-18(30)24-14-8-9-16(23)15(13-14)20-27-26-17-7-5-4-6-12-29(17)20/h8-9,13H,4-7,10-12H2,1-3H3,(H,24,30). The van der Waals surface area contributed by atoms with Crippen LogP contribution in [0.1, 0.15) is 64.0 Å². The normalized spacial score (nSPS) is 14.2. The second-order valence-electron chi connectivity index (χ2n) is 8.91. The van der Waals surface area contributed by atoms with Gasteiger partial charge in [-0.2, -0.15) is 4.98 Å². The Labute approximate surface area is 186 Å². The Kier molecular flexibility index (Phi) is 6.09. The third kappa shape index (κ3) is 4.95. The van der Waals surface area contributed by atoms with E-state index in [-0.39, 0.29) is 17.7 Å². The monoisotopic (exact) mass is 442 g/mol. The number of fused-ring (bicyclic) bond motifs is 1. The number of anilines is 1. The zero-order valence-corrected chi connectivity index (χ0v) is 18.9. The van der Waals surface area contributed by atoms with Gasteiger partial charge in [-0.15, -0.1) is 10.2 Å². The van der Waals surface area contributed by atoms with E-state index in [4.69, 9.17) is 16.1 Å². The van der Waals surface area contributed by atoms with Crippen molar-refractivity contribution in [2.45, 2.75) is 71.3 Å². The summed E-state index contributed by atoms with van der Waals surface area (Å²) >= 11 is 6.47. The van der Waals surface area contributed by atoms with Crippen molar-refractivity contribution < 1.29 is 9.32 Å². The molecule has 1 aromatic carbocycles. The fraction of sp³-hybridized carbons (Fsp3) is 0.500. The molecular formula is C22H27ClN6O2. The van der Waals surface area contributed by atoms with Gasteiger partial charge in [0.15, 0.2) is 11.6 Å². The van der Waals surface area contributed by atoms with Gasteiger partial charge in [-0.25, -0.2) is 0 Å². The Morgan fingerprint density at radius 3 is 2.84 bits per heavy atom. The maximum absolute atomic E-state index is 12.5. The van der Waals surface area contributed by atoms with Crippen LogP contribution in [0.4, 0.5) is 5.69 Å². The Hall–Kier alpha value is -2.74. The first kappa shape index (κ1) is 21.5. The fourth-order valence-electron chi connectivity index (χ4n) is 3.56. The van der Waals surface area contributed by atoms with Crippen LogP contribution in [0.25, 0.3) is 11.4 Å². The summed E-state index contributed by atoms with van der Waals surface area (Å²) in [5.74, 6) is 2.70. The molecule has 0 radical (unpaired) electrons. The molecule has 0 atom stereocenters. The van der Waals surface area contributed by atoms with E-state index < -0.39 is 0 Å². The van der Waals surface area contributed by atoms with Gasteiger partial charge in [0, 0.05) is 42.5 Å². The Bertz CT molecular complexity index is 1080. The molecule has 0 fully saturated rings. The average Bonchev–Trinajstić information content (AvgIpc) is 3.29. The highest BCUT2D eigenvalue weighted by molar-refractivity contribution is 6.33. The molecule has 0 spiro atoms. The summed E-state index contributed by atoms with van der Waals surface area (Å²) in [6.45, 7) is 6.92. The van der Waals surface area contributed by atoms with Gasteiger partial charge in [-0.1, -0.05) is 43.9 Å². The lowest BCUT2D eigenvalue weighted by Crippen LogP contribution is -2.14. The molecule has 9 heteroatoms. The van der Waals surface area contributed by atoms with Crippen LogP contribution in [0.15, 0.2) is 22.7 Å². The van der Waals surface area contributed by atoms with Crippen molar-refractivity contribution in [3.8, 4) is 11.4 Å². The van der Waals surface area contributed by atoms with Crippen LogP contribution in [0.2, 0.25) is 5.02 Å². The molecule has 8 nitrogen and oxygen atoms in total. The molecule has 3 aromatic rings. The molecule has 164 valence electrons. The molecule has 0 unspecified atom stereocenters. The molecule has 0 bridgehead atoms. The predicted molar refractivity (Wildman–Crippen MR) is 118 cm³/mol. The van der Waals surface area contributed by atoms with Crippen molar-refractivity contribution in [1.82, 2.24) is 24.9 Å². The molecule has 1 aliphatic rings. The van der Waals surface area contributed by atoms with Crippen LogP contribution < -0.4 is 5.32 Å². The van der Waals surface area contributed by atoms with Crippen molar-refractivity contribution in [2.24, 2.45) is 0 Å². The van der Waals surface area contributed by atoms with Crippen LogP contribution >= 0.6 is 11.6 Å². The molecule has 4 rings (SSSR count). The van der Waals surface area contributed by atoms with E-state index in [0.717, 1.165) is 43.0 Å². The van der Waals surface area contributed by atoms with Crippen LogP contribution in [0.3, 0.4) is 0 Å². The zero-order chi connectivity index (χ0) is 22.0. The number of nitrogens with zero attached hydrogens (tertiary/aromatic N) is 5. The number of benzene rings is 1. The number of halogens is 1. The van der Waals surface area contributed by atoms with E-state index in [1.807, 2.05) is 26.8 Å². The van der Waals surface area contributed by atoms with Crippen LogP contribution in [-0.2, 0) is 29.6 Å². The topological polar surface area (TPSA) is 98.7 Å². The molecule has 0 saturated heterocycles.